The largest absolute Gasteiger partial charge is 0.392 e. The Bertz CT molecular complexity index is 205. The molecule has 2 aliphatic rings. The SMILES string of the molecule is C=CCCC(O)CN1CC2CCCC2C1. The van der Waals surface area contributed by atoms with Crippen molar-refractivity contribution in [3.63, 3.8) is 0 Å². The Kier molecular flexibility index (Phi) is 3.81. The van der Waals surface area contributed by atoms with E-state index in [4.69, 9.17) is 0 Å². The number of fused-ring (bicyclic) bond motifs is 1. The van der Waals surface area contributed by atoms with Crippen molar-refractivity contribution in [1.29, 1.82) is 0 Å². The van der Waals surface area contributed by atoms with Gasteiger partial charge < -0.3 is 10.0 Å². The second-order valence-electron chi connectivity index (χ2n) is 5.19. The smallest absolute Gasteiger partial charge is 0.0670 e. The molecule has 1 saturated heterocycles. The van der Waals surface area contributed by atoms with E-state index >= 15 is 0 Å². The lowest BCUT2D eigenvalue weighted by molar-refractivity contribution is 0.114. The lowest BCUT2D eigenvalue weighted by atomic mass is 10.0. The van der Waals surface area contributed by atoms with Crippen molar-refractivity contribution in [3.05, 3.63) is 12.7 Å². The van der Waals surface area contributed by atoms with Gasteiger partial charge in [-0.25, -0.2) is 0 Å². The van der Waals surface area contributed by atoms with Crippen molar-refractivity contribution < 1.29 is 5.11 Å². The average molecular weight is 209 g/mol. The van der Waals surface area contributed by atoms with E-state index in [-0.39, 0.29) is 6.10 Å². The van der Waals surface area contributed by atoms with Crippen LogP contribution in [0.3, 0.4) is 0 Å². The summed E-state index contributed by atoms with van der Waals surface area (Å²) >= 11 is 0. The number of hydrogen-bond acceptors (Lipinski definition) is 2. The summed E-state index contributed by atoms with van der Waals surface area (Å²) in [5, 5.41) is 9.81. The molecule has 15 heavy (non-hydrogen) atoms. The standard InChI is InChI=1S/C13H23NO/c1-2-3-7-13(15)10-14-8-11-5-4-6-12(11)9-14/h2,11-13,15H,1,3-10H2. The van der Waals surface area contributed by atoms with Gasteiger partial charge in [0, 0.05) is 19.6 Å². The number of nitrogens with zero attached hydrogens (tertiary/aromatic N) is 1. The second kappa shape index (κ2) is 5.13. The first-order valence-corrected chi connectivity index (χ1v) is 6.31. The maximum atomic E-state index is 9.81. The fourth-order valence-corrected chi connectivity index (χ4v) is 3.18. The average Bonchev–Trinajstić information content (AvgIpc) is 2.74. The Morgan fingerprint density at radius 3 is 2.60 bits per heavy atom. The molecule has 3 atom stereocenters. The monoisotopic (exact) mass is 209 g/mol. The van der Waals surface area contributed by atoms with Gasteiger partial charge in [0.15, 0.2) is 0 Å². The van der Waals surface area contributed by atoms with Crippen LogP contribution in [0.1, 0.15) is 32.1 Å². The summed E-state index contributed by atoms with van der Waals surface area (Å²) < 4.78 is 0. The number of aliphatic hydroxyl groups excluding tert-OH is 1. The van der Waals surface area contributed by atoms with Crippen LogP contribution in [0.5, 0.6) is 0 Å². The fourth-order valence-electron chi connectivity index (χ4n) is 3.18. The van der Waals surface area contributed by atoms with Crippen molar-refractivity contribution in [3.8, 4) is 0 Å². The fraction of sp³-hybridized carbons (Fsp3) is 0.846. The number of likely N-dealkylation sites (tertiary alicyclic amines) is 1. The summed E-state index contributed by atoms with van der Waals surface area (Å²) in [6.07, 6.45) is 7.82. The molecule has 2 fully saturated rings. The Balaban J connectivity index is 1.70. The lowest BCUT2D eigenvalue weighted by Gasteiger charge is -2.20. The highest BCUT2D eigenvalue weighted by Crippen LogP contribution is 2.37. The zero-order valence-corrected chi connectivity index (χ0v) is 9.57. The molecule has 3 unspecified atom stereocenters. The molecule has 0 bridgehead atoms. The van der Waals surface area contributed by atoms with E-state index in [1.165, 1.54) is 32.4 Å². The highest BCUT2D eigenvalue weighted by atomic mass is 16.3. The molecule has 0 aromatic carbocycles. The van der Waals surface area contributed by atoms with Gasteiger partial charge in [0.2, 0.25) is 0 Å². The molecule has 2 rings (SSSR count). The maximum Gasteiger partial charge on any atom is 0.0670 e. The minimum atomic E-state index is -0.151. The van der Waals surface area contributed by atoms with Gasteiger partial charge in [-0.05, 0) is 37.5 Å². The number of β-amino-alcohol motifs (C(OH)–C–C–N with tert-alkyl or cyclic N) is 1. The first-order valence-electron chi connectivity index (χ1n) is 6.31. The maximum absolute atomic E-state index is 9.81. The molecule has 1 saturated carbocycles. The summed E-state index contributed by atoms with van der Waals surface area (Å²) in [4.78, 5) is 2.46. The number of rotatable bonds is 5. The first kappa shape index (κ1) is 11.2. The van der Waals surface area contributed by atoms with Crippen molar-refractivity contribution >= 4 is 0 Å². The molecule has 0 spiro atoms. The number of allylic oxidation sites excluding steroid dienone is 1. The first-order chi connectivity index (χ1) is 7.29. The van der Waals surface area contributed by atoms with Gasteiger partial charge in [0.25, 0.3) is 0 Å². The van der Waals surface area contributed by atoms with Gasteiger partial charge in [-0.1, -0.05) is 12.5 Å². The topological polar surface area (TPSA) is 23.5 Å². The molecule has 1 aliphatic carbocycles. The van der Waals surface area contributed by atoms with Gasteiger partial charge in [-0.2, -0.15) is 0 Å². The molecule has 0 amide bonds. The predicted octanol–water partition coefficient (Wildman–Crippen LogP) is 2.05. The summed E-state index contributed by atoms with van der Waals surface area (Å²) in [6.45, 7) is 7.03. The van der Waals surface area contributed by atoms with Crippen molar-refractivity contribution in [1.82, 2.24) is 4.90 Å². The van der Waals surface area contributed by atoms with Gasteiger partial charge in [-0.3, -0.25) is 0 Å². The highest BCUT2D eigenvalue weighted by Gasteiger charge is 2.36. The molecule has 0 radical (unpaired) electrons. The second-order valence-corrected chi connectivity index (χ2v) is 5.19. The van der Waals surface area contributed by atoms with Crippen LogP contribution < -0.4 is 0 Å². The Morgan fingerprint density at radius 1 is 1.33 bits per heavy atom. The molecular weight excluding hydrogens is 186 g/mol. The van der Waals surface area contributed by atoms with E-state index < -0.39 is 0 Å². The van der Waals surface area contributed by atoms with Gasteiger partial charge in [0.05, 0.1) is 6.10 Å². The van der Waals surface area contributed by atoms with Crippen molar-refractivity contribution in [2.24, 2.45) is 11.8 Å². The Hall–Kier alpha value is -0.340. The normalized spacial score (nSPS) is 32.9. The minimum Gasteiger partial charge on any atom is -0.392 e. The van der Waals surface area contributed by atoms with Gasteiger partial charge >= 0.3 is 0 Å². The zero-order valence-electron chi connectivity index (χ0n) is 9.57. The zero-order chi connectivity index (χ0) is 10.7. The molecule has 1 heterocycles. The van der Waals surface area contributed by atoms with Crippen LogP contribution in [-0.2, 0) is 0 Å². The highest BCUT2D eigenvalue weighted by molar-refractivity contribution is 4.89. The summed E-state index contributed by atoms with van der Waals surface area (Å²) in [7, 11) is 0. The van der Waals surface area contributed by atoms with Crippen molar-refractivity contribution in [2.45, 2.75) is 38.2 Å². The molecule has 2 nitrogen and oxygen atoms in total. The molecule has 1 N–H and O–H groups in total. The lowest BCUT2D eigenvalue weighted by Crippen LogP contribution is -2.31. The van der Waals surface area contributed by atoms with Crippen LogP contribution in [-0.4, -0.2) is 35.7 Å². The van der Waals surface area contributed by atoms with Gasteiger partial charge in [0.1, 0.15) is 0 Å². The molecule has 86 valence electrons. The molecule has 0 aromatic heterocycles. The molecule has 1 aliphatic heterocycles. The van der Waals surface area contributed by atoms with Crippen LogP contribution >= 0.6 is 0 Å². The Morgan fingerprint density at radius 2 is 2.00 bits per heavy atom. The van der Waals surface area contributed by atoms with E-state index in [2.05, 4.69) is 11.5 Å². The van der Waals surface area contributed by atoms with Crippen LogP contribution in [0.2, 0.25) is 0 Å². The van der Waals surface area contributed by atoms with E-state index in [1.54, 1.807) is 0 Å². The summed E-state index contributed by atoms with van der Waals surface area (Å²) in [6, 6.07) is 0. The number of aliphatic hydroxyl groups is 1. The van der Waals surface area contributed by atoms with Crippen LogP contribution in [0.25, 0.3) is 0 Å². The Labute approximate surface area is 93.0 Å². The molecule has 0 aromatic rings. The van der Waals surface area contributed by atoms with E-state index in [1.807, 2.05) is 6.08 Å². The molecular formula is C13H23NO. The minimum absolute atomic E-state index is 0.151. The van der Waals surface area contributed by atoms with E-state index in [0.29, 0.717) is 0 Å². The van der Waals surface area contributed by atoms with Gasteiger partial charge in [-0.15, -0.1) is 6.58 Å². The third-order valence-corrected chi connectivity index (χ3v) is 3.97. The van der Waals surface area contributed by atoms with Crippen LogP contribution in [0.4, 0.5) is 0 Å². The summed E-state index contributed by atoms with van der Waals surface area (Å²) in [5.41, 5.74) is 0. The van der Waals surface area contributed by atoms with E-state index in [0.717, 1.165) is 31.2 Å². The quantitative estimate of drug-likeness (QED) is 0.700. The molecule has 2 heteroatoms. The van der Waals surface area contributed by atoms with Crippen LogP contribution in [0.15, 0.2) is 12.7 Å². The third-order valence-electron chi connectivity index (χ3n) is 3.97. The third kappa shape index (κ3) is 2.82. The van der Waals surface area contributed by atoms with Crippen LogP contribution in [0, 0.1) is 11.8 Å². The van der Waals surface area contributed by atoms with Crippen molar-refractivity contribution in [2.75, 3.05) is 19.6 Å². The predicted molar refractivity (Wildman–Crippen MR) is 62.7 cm³/mol. The van der Waals surface area contributed by atoms with E-state index in [9.17, 15) is 5.11 Å². The summed E-state index contributed by atoms with van der Waals surface area (Å²) in [5.74, 6) is 1.88. The number of hydrogen-bond donors (Lipinski definition) is 1.